The number of piperazine rings is 1. The third kappa shape index (κ3) is 7.02. The van der Waals surface area contributed by atoms with Crippen LogP contribution >= 0.6 is 11.6 Å². The van der Waals surface area contributed by atoms with Gasteiger partial charge in [0.1, 0.15) is 17.3 Å². The highest BCUT2D eigenvalue weighted by molar-refractivity contribution is 6.31. The van der Waals surface area contributed by atoms with Crippen LogP contribution < -0.4 is 4.74 Å². The molecular weight excluding hydrogens is 462 g/mol. The number of amides is 1. The molecule has 1 atom stereocenters. The fourth-order valence-electron chi connectivity index (χ4n) is 5.30. The lowest BCUT2D eigenvalue weighted by atomic mass is 9.77. The first-order valence-electron chi connectivity index (χ1n) is 13.0. The van der Waals surface area contributed by atoms with Crippen molar-refractivity contribution in [3.05, 3.63) is 52.4 Å². The van der Waals surface area contributed by atoms with E-state index in [1.165, 1.54) is 0 Å². The predicted octanol–water partition coefficient (Wildman–Crippen LogP) is 5.02. The maximum absolute atomic E-state index is 13.4. The molecule has 1 aromatic heterocycles. The molecule has 2 aliphatic rings. The molecule has 35 heavy (non-hydrogen) atoms. The van der Waals surface area contributed by atoms with Gasteiger partial charge in [-0.15, -0.1) is 0 Å². The number of likely N-dealkylation sites (tertiary alicyclic amines) is 1. The van der Waals surface area contributed by atoms with Gasteiger partial charge in [0.25, 0.3) is 0 Å². The molecule has 2 saturated heterocycles. The molecule has 0 aliphatic carbocycles. The van der Waals surface area contributed by atoms with Crippen molar-refractivity contribution in [3.63, 3.8) is 0 Å². The number of aryl methyl sites for hydroxylation is 2. The molecule has 0 N–H and O–H groups in total. The molecular formula is C28H40ClN3O3. The lowest BCUT2D eigenvalue weighted by molar-refractivity contribution is -0.137. The van der Waals surface area contributed by atoms with Crippen molar-refractivity contribution in [1.82, 2.24) is 14.7 Å². The number of ether oxygens (including phenoxy) is 1. The fraction of sp³-hybridized carbons (Fsp3) is 0.607. The molecule has 3 heterocycles. The van der Waals surface area contributed by atoms with Gasteiger partial charge < -0.3 is 19.0 Å². The second-order valence-electron chi connectivity index (χ2n) is 10.5. The molecule has 0 radical (unpaired) electrons. The van der Waals surface area contributed by atoms with E-state index >= 15 is 0 Å². The minimum atomic E-state index is -0.231. The SMILES string of the molecule is CCCc1ccc(CN2CCCC(COc3ccc(Cl)c(C)c3)(CC(=O)N3CCN(C)CC3)C2)o1. The summed E-state index contributed by atoms with van der Waals surface area (Å²) in [7, 11) is 2.12. The Bertz CT molecular complexity index is 986. The molecule has 4 rings (SSSR count). The van der Waals surface area contributed by atoms with Crippen molar-refractivity contribution >= 4 is 17.5 Å². The second-order valence-corrected chi connectivity index (χ2v) is 10.9. The zero-order chi connectivity index (χ0) is 24.8. The molecule has 1 unspecified atom stereocenters. The van der Waals surface area contributed by atoms with Gasteiger partial charge in [0.05, 0.1) is 13.2 Å². The maximum Gasteiger partial charge on any atom is 0.223 e. The third-order valence-corrected chi connectivity index (χ3v) is 7.81. The van der Waals surface area contributed by atoms with Gasteiger partial charge in [-0.1, -0.05) is 18.5 Å². The van der Waals surface area contributed by atoms with Crippen molar-refractivity contribution in [1.29, 1.82) is 0 Å². The lowest BCUT2D eigenvalue weighted by Crippen LogP contribution is -2.52. The number of carbonyl (C=O) groups is 1. The minimum Gasteiger partial charge on any atom is -0.493 e. The molecule has 0 saturated carbocycles. The summed E-state index contributed by atoms with van der Waals surface area (Å²) in [4.78, 5) is 20.2. The molecule has 0 spiro atoms. The average molecular weight is 502 g/mol. The van der Waals surface area contributed by atoms with Crippen molar-refractivity contribution in [2.75, 3.05) is 52.9 Å². The summed E-state index contributed by atoms with van der Waals surface area (Å²) < 4.78 is 12.4. The number of hydrogen-bond donors (Lipinski definition) is 0. The van der Waals surface area contributed by atoms with E-state index in [1.807, 2.05) is 30.0 Å². The van der Waals surface area contributed by atoms with Gasteiger partial charge in [-0.2, -0.15) is 0 Å². The number of rotatable bonds is 9. The van der Waals surface area contributed by atoms with Crippen LogP contribution in [0.1, 0.15) is 49.7 Å². The van der Waals surface area contributed by atoms with Gasteiger partial charge in [0.15, 0.2) is 0 Å². The van der Waals surface area contributed by atoms with E-state index in [0.29, 0.717) is 13.0 Å². The van der Waals surface area contributed by atoms with Crippen LogP contribution in [0.3, 0.4) is 0 Å². The Labute approximate surface area is 215 Å². The molecule has 2 aliphatic heterocycles. The number of likely N-dealkylation sites (N-methyl/N-ethyl adjacent to an activating group) is 1. The van der Waals surface area contributed by atoms with Gasteiger partial charge in [0.2, 0.25) is 5.91 Å². The van der Waals surface area contributed by atoms with Crippen molar-refractivity contribution in [2.45, 2.75) is 52.5 Å². The standard InChI is InChI=1S/C28H40ClN3O3/c1-4-6-23-7-8-25(35-23)19-31-12-5-11-28(20-31,18-27(33)32-15-13-30(3)14-16-32)21-34-24-9-10-26(29)22(2)17-24/h7-10,17H,4-6,11-16,18-21H2,1-3H3. The van der Waals surface area contributed by atoms with Crippen LogP contribution in [0.2, 0.25) is 5.02 Å². The quantitative estimate of drug-likeness (QED) is 0.483. The molecule has 7 heteroatoms. The summed E-state index contributed by atoms with van der Waals surface area (Å²) in [6.07, 6.45) is 4.59. The summed E-state index contributed by atoms with van der Waals surface area (Å²) in [5, 5.41) is 0.738. The normalized spacial score (nSPS) is 21.9. The first-order valence-corrected chi connectivity index (χ1v) is 13.4. The minimum absolute atomic E-state index is 0.231. The molecule has 1 aromatic carbocycles. The van der Waals surface area contributed by atoms with E-state index in [-0.39, 0.29) is 11.3 Å². The van der Waals surface area contributed by atoms with Gasteiger partial charge in [-0.3, -0.25) is 9.69 Å². The molecule has 0 bridgehead atoms. The number of carbonyl (C=O) groups excluding carboxylic acids is 1. The van der Waals surface area contributed by atoms with Crippen molar-refractivity contribution < 1.29 is 13.9 Å². The van der Waals surface area contributed by atoms with E-state index < -0.39 is 0 Å². The van der Waals surface area contributed by atoms with Crippen molar-refractivity contribution in [3.8, 4) is 5.75 Å². The molecule has 2 aromatic rings. The summed E-state index contributed by atoms with van der Waals surface area (Å²) in [6, 6.07) is 9.98. The van der Waals surface area contributed by atoms with Gasteiger partial charge >= 0.3 is 0 Å². The number of hydrogen-bond acceptors (Lipinski definition) is 5. The number of nitrogens with zero attached hydrogens (tertiary/aromatic N) is 3. The van der Waals surface area contributed by atoms with E-state index in [1.54, 1.807) is 0 Å². The van der Waals surface area contributed by atoms with E-state index in [0.717, 1.165) is 99.4 Å². The predicted molar refractivity (Wildman–Crippen MR) is 140 cm³/mol. The molecule has 1 amide bonds. The zero-order valence-electron chi connectivity index (χ0n) is 21.5. The van der Waals surface area contributed by atoms with E-state index in [9.17, 15) is 4.79 Å². The fourth-order valence-corrected chi connectivity index (χ4v) is 5.42. The first kappa shape index (κ1) is 26.1. The average Bonchev–Trinajstić information content (AvgIpc) is 3.27. The zero-order valence-corrected chi connectivity index (χ0v) is 22.3. The summed E-state index contributed by atoms with van der Waals surface area (Å²) in [5.41, 5.74) is 0.767. The number of benzene rings is 1. The van der Waals surface area contributed by atoms with Gasteiger partial charge in [-0.05, 0) is 75.7 Å². The van der Waals surface area contributed by atoms with Crippen LogP contribution in [0.25, 0.3) is 0 Å². The summed E-state index contributed by atoms with van der Waals surface area (Å²) in [6.45, 7) is 10.8. The first-order chi connectivity index (χ1) is 16.9. The Morgan fingerprint density at radius 2 is 1.89 bits per heavy atom. The Morgan fingerprint density at radius 3 is 2.63 bits per heavy atom. The smallest absolute Gasteiger partial charge is 0.223 e. The van der Waals surface area contributed by atoms with Crippen molar-refractivity contribution in [2.24, 2.45) is 5.41 Å². The Kier molecular flexibility index (Phi) is 8.79. The van der Waals surface area contributed by atoms with Crippen LogP contribution in [-0.4, -0.2) is 73.5 Å². The van der Waals surface area contributed by atoms with Crippen LogP contribution in [0.15, 0.2) is 34.7 Å². The molecule has 6 nitrogen and oxygen atoms in total. The van der Waals surface area contributed by atoms with Crippen LogP contribution in [0.4, 0.5) is 0 Å². The topological polar surface area (TPSA) is 49.2 Å². The number of furan rings is 1. The van der Waals surface area contributed by atoms with Crippen LogP contribution in [0, 0.1) is 12.3 Å². The summed E-state index contributed by atoms with van der Waals surface area (Å²) >= 11 is 6.21. The molecule has 2 fully saturated rings. The monoisotopic (exact) mass is 501 g/mol. The summed E-state index contributed by atoms with van der Waals surface area (Å²) in [5.74, 6) is 3.12. The number of piperidine rings is 1. The highest BCUT2D eigenvalue weighted by atomic mass is 35.5. The largest absolute Gasteiger partial charge is 0.493 e. The Balaban J connectivity index is 1.47. The van der Waals surface area contributed by atoms with Gasteiger partial charge in [0, 0.05) is 56.0 Å². The Hall–Kier alpha value is -2.02. The highest BCUT2D eigenvalue weighted by Crippen LogP contribution is 2.36. The lowest BCUT2D eigenvalue weighted by Gasteiger charge is -2.43. The van der Waals surface area contributed by atoms with E-state index in [2.05, 4.69) is 35.9 Å². The maximum atomic E-state index is 13.4. The Morgan fingerprint density at radius 1 is 1.11 bits per heavy atom. The van der Waals surface area contributed by atoms with Gasteiger partial charge in [-0.25, -0.2) is 0 Å². The van der Waals surface area contributed by atoms with Crippen LogP contribution in [0.5, 0.6) is 5.75 Å². The second kappa shape index (κ2) is 11.8. The third-order valence-electron chi connectivity index (χ3n) is 7.39. The highest BCUT2D eigenvalue weighted by Gasteiger charge is 2.40. The van der Waals surface area contributed by atoms with Crippen LogP contribution in [-0.2, 0) is 17.8 Å². The number of halogens is 1. The molecule has 192 valence electrons. The van der Waals surface area contributed by atoms with E-state index in [4.69, 9.17) is 20.8 Å².